The smallest absolute Gasteiger partial charge is 0.335 e. The van der Waals surface area contributed by atoms with Gasteiger partial charge in [0.2, 0.25) is 5.75 Å². The van der Waals surface area contributed by atoms with Crippen LogP contribution in [0.4, 0.5) is 16.2 Å². The fourth-order valence-electron chi connectivity index (χ4n) is 2.80. The van der Waals surface area contributed by atoms with Crippen molar-refractivity contribution in [2.24, 2.45) is 0 Å². The molecule has 2 aromatic carbocycles. The molecule has 0 saturated carbocycles. The van der Waals surface area contributed by atoms with Crippen LogP contribution in [0.15, 0.2) is 46.4 Å². The van der Waals surface area contributed by atoms with E-state index in [1.807, 2.05) is 0 Å². The molecule has 30 heavy (non-hydrogen) atoms. The third-order valence-electron chi connectivity index (χ3n) is 4.21. The molecule has 0 aromatic heterocycles. The number of nitro benzene ring substituents is 1. The molecule has 11 heteroatoms. The molecule has 0 unspecified atom stereocenters. The van der Waals surface area contributed by atoms with Crippen LogP contribution < -0.4 is 19.7 Å². The number of carbonyl (C=O) groups is 3. The van der Waals surface area contributed by atoms with Crippen molar-refractivity contribution in [2.45, 2.75) is 0 Å². The van der Waals surface area contributed by atoms with Crippen LogP contribution in [-0.2, 0) is 9.59 Å². The number of benzene rings is 2. The van der Waals surface area contributed by atoms with Gasteiger partial charge in [-0.25, -0.2) is 9.69 Å². The molecule has 2 aromatic rings. The minimum Gasteiger partial charge on any atom is -0.496 e. The van der Waals surface area contributed by atoms with Crippen molar-refractivity contribution in [1.29, 1.82) is 0 Å². The number of ether oxygens (including phenoxy) is 2. The molecular formula is C19H14BrN3O7. The monoisotopic (exact) mass is 475 g/mol. The third kappa shape index (κ3) is 3.87. The number of nitro groups is 1. The summed E-state index contributed by atoms with van der Waals surface area (Å²) in [6.07, 6.45) is 1.13. The molecule has 4 amide bonds. The molecule has 10 nitrogen and oxygen atoms in total. The first-order valence-corrected chi connectivity index (χ1v) is 9.13. The lowest BCUT2D eigenvalue weighted by atomic mass is 10.0. The Morgan fingerprint density at radius 1 is 1.07 bits per heavy atom. The maximum atomic E-state index is 12.9. The fourth-order valence-corrected chi connectivity index (χ4v) is 3.06. The Kier molecular flexibility index (Phi) is 5.83. The summed E-state index contributed by atoms with van der Waals surface area (Å²) in [7, 11) is 2.59. The second-order valence-electron chi connectivity index (χ2n) is 5.96. The molecule has 1 N–H and O–H groups in total. The average molecular weight is 476 g/mol. The van der Waals surface area contributed by atoms with Gasteiger partial charge >= 0.3 is 11.7 Å². The zero-order valence-corrected chi connectivity index (χ0v) is 17.3. The standard InChI is InChI=1S/C19H14BrN3O7/c1-29-15-9-16(30-2)14(23(27)28)8-10(15)7-13-17(24)21-19(26)22(18(13)25)12-5-3-11(20)4-6-12/h3-9H,1-2H3,(H,21,24,26). The minimum absolute atomic E-state index is 0.0508. The number of nitrogens with one attached hydrogen (secondary N) is 1. The van der Waals surface area contributed by atoms with Crippen molar-refractivity contribution in [3.63, 3.8) is 0 Å². The van der Waals surface area contributed by atoms with Crippen molar-refractivity contribution >= 4 is 51.2 Å². The van der Waals surface area contributed by atoms with Crippen molar-refractivity contribution in [2.75, 3.05) is 19.1 Å². The van der Waals surface area contributed by atoms with Crippen molar-refractivity contribution in [3.05, 3.63) is 62.1 Å². The molecule has 1 aliphatic heterocycles. The lowest BCUT2D eigenvalue weighted by molar-refractivity contribution is -0.385. The number of urea groups is 1. The summed E-state index contributed by atoms with van der Waals surface area (Å²) in [5, 5.41) is 13.4. The molecule has 1 fully saturated rings. The Balaban J connectivity index is 2.11. The molecule has 0 spiro atoms. The molecule has 0 aliphatic carbocycles. The van der Waals surface area contributed by atoms with E-state index in [2.05, 4.69) is 21.2 Å². The number of barbiturate groups is 1. The van der Waals surface area contributed by atoms with Crippen LogP contribution in [0.2, 0.25) is 0 Å². The maximum Gasteiger partial charge on any atom is 0.335 e. The van der Waals surface area contributed by atoms with E-state index in [1.54, 1.807) is 12.1 Å². The molecule has 0 atom stereocenters. The molecule has 1 aliphatic rings. The minimum atomic E-state index is -0.932. The van der Waals surface area contributed by atoms with Gasteiger partial charge in [-0.1, -0.05) is 15.9 Å². The first kappa shape index (κ1) is 21.0. The van der Waals surface area contributed by atoms with Crippen molar-refractivity contribution in [3.8, 4) is 11.5 Å². The van der Waals surface area contributed by atoms with Crippen LogP contribution in [0.25, 0.3) is 6.08 Å². The number of hydrogen-bond acceptors (Lipinski definition) is 7. The summed E-state index contributed by atoms with van der Waals surface area (Å²) < 4.78 is 10.9. The van der Waals surface area contributed by atoms with E-state index in [1.165, 1.54) is 32.4 Å². The van der Waals surface area contributed by atoms with Gasteiger partial charge in [0.15, 0.2) is 0 Å². The lowest BCUT2D eigenvalue weighted by Gasteiger charge is -2.26. The summed E-state index contributed by atoms with van der Waals surface area (Å²) in [5.74, 6) is -1.73. The Morgan fingerprint density at radius 3 is 2.27 bits per heavy atom. The number of anilines is 1. The lowest BCUT2D eigenvalue weighted by Crippen LogP contribution is -2.54. The number of methoxy groups -OCH3 is 2. The number of halogens is 1. The van der Waals surface area contributed by atoms with E-state index in [4.69, 9.17) is 9.47 Å². The topological polar surface area (TPSA) is 128 Å². The number of amides is 4. The van der Waals surface area contributed by atoms with Crippen LogP contribution in [0.3, 0.4) is 0 Å². The zero-order valence-electron chi connectivity index (χ0n) is 15.7. The first-order valence-electron chi connectivity index (χ1n) is 8.34. The molecule has 0 radical (unpaired) electrons. The number of nitrogens with zero attached hydrogens (tertiary/aromatic N) is 2. The van der Waals surface area contributed by atoms with Gasteiger partial charge in [-0.3, -0.25) is 25.0 Å². The summed E-state index contributed by atoms with van der Waals surface area (Å²) in [6, 6.07) is 7.79. The van der Waals surface area contributed by atoms with E-state index in [0.29, 0.717) is 0 Å². The summed E-state index contributed by atoms with van der Waals surface area (Å²) in [6.45, 7) is 0. The number of rotatable bonds is 5. The highest BCUT2D eigenvalue weighted by atomic mass is 79.9. The van der Waals surface area contributed by atoms with E-state index in [9.17, 15) is 24.5 Å². The largest absolute Gasteiger partial charge is 0.496 e. The van der Waals surface area contributed by atoms with E-state index in [-0.39, 0.29) is 28.4 Å². The highest BCUT2D eigenvalue weighted by Crippen LogP contribution is 2.36. The van der Waals surface area contributed by atoms with Crippen LogP contribution in [0.1, 0.15) is 5.56 Å². The highest BCUT2D eigenvalue weighted by molar-refractivity contribution is 9.10. The fraction of sp³-hybridized carbons (Fsp3) is 0.105. The van der Waals surface area contributed by atoms with Crippen LogP contribution in [0, 0.1) is 10.1 Å². The van der Waals surface area contributed by atoms with Crippen LogP contribution in [-0.4, -0.2) is 37.0 Å². The third-order valence-corrected chi connectivity index (χ3v) is 4.74. The average Bonchev–Trinajstić information content (AvgIpc) is 2.71. The van der Waals surface area contributed by atoms with E-state index < -0.39 is 28.3 Å². The van der Waals surface area contributed by atoms with E-state index >= 15 is 0 Å². The number of imide groups is 2. The molecule has 1 saturated heterocycles. The molecule has 3 rings (SSSR count). The predicted octanol–water partition coefficient (Wildman–Crippen LogP) is 3.04. The van der Waals surface area contributed by atoms with Gasteiger partial charge < -0.3 is 9.47 Å². The quantitative estimate of drug-likeness (QED) is 0.304. The normalized spacial score (nSPS) is 15.2. The van der Waals surface area contributed by atoms with Crippen LogP contribution in [0.5, 0.6) is 11.5 Å². The van der Waals surface area contributed by atoms with Gasteiger partial charge in [0.05, 0.1) is 24.8 Å². The second kappa shape index (κ2) is 8.33. The molecule has 1 heterocycles. The van der Waals surface area contributed by atoms with Gasteiger partial charge in [0.1, 0.15) is 11.3 Å². The van der Waals surface area contributed by atoms with Crippen LogP contribution >= 0.6 is 15.9 Å². The SMILES string of the molecule is COc1cc(OC)c([N+](=O)[O-])cc1C=C1C(=O)NC(=O)N(c2ccc(Br)cc2)C1=O. The number of hydrogen-bond donors (Lipinski definition) is 1. The predicted molar refractivity (Wildman–Crippen MR) is 109 cm³/mol. The summed E-state index contributed by atoms with van der Waals surface area (Å²) >= 11 is 3.26. The highest BCUT2D eigenvalue weighted by Gasteiger charge is 2.37. The summed E-state index contributed by atoms with van der Waals surface area (Å²) in [4.78, 5) is 49.0. The zero-order chi connectivity index (χ0) is 22.0. The Morgan fingerprint density at radius 2 is 1.70 bits per heavy atom. The van der Waals surface area contributed by atoms with Gasteiger partial charge in [-0.15, -0.1) is 0 Å². The maximum absolute atomic E-state index is 12.9. The van der Waals surface area contributed by atoms with Crippen molar-refractivity contribution < 1.29 is 28.8 Å². The Labute approximate surface area is 178 Å². The summed E-state index contributed by atoms with van der Waals surface area (Å²) in [5.41, 5.74) is -0.440. The Bertz CT molecular complexity index is 1100. The first-order chi connectivity index (χ1) is 14.3. The van der Waals surface area contributed by atoms with Gasteiger partial charge in [0.25, 0.3) is 11.8 Å². The second-order valence-corrected chi connectivity index (χ2v) is 6.87. The number of carbonyl (C=O) groups excluding carboxylic acids is 3. The Hall–Kier alpha value is -3.73. The molecular weight excluding hydrogens is 462 g/mol. The molecule has 0 bridgehead atoms. The van der Waals surface area contributed by atoms with E-state index in [0.717, 1.165) is 21.5 Å². The van der Waals surface area contributed by atoms with Gasteiger partial charge in [-0.05, 0) is 30.3 Å². The molecule has 154 valence electrons. The van der Waals surface area contributed by atoms with Crippen molar-refractivity contribution in [1.82, 2.24) is 5.32 Å². The van der Waals surface area contributed by atoms with Gasteiger partial charge in [0, 0.05) is 22.2 Å². The van der Waals surface area contributed by atoms with Gasteiger partial charge in [-0.2, -0.15) is 0 Å².